The molecule has 1 aliphatic carbocycles. The number of rotatable bonds is 5. The first-order chi connectivity index (χ1) is 6.79. The van der Waals surface area contributed by atoms with Crippen LogP contribution in [0.1, 0.15) is 38.5 Å². The van der Waals surface area contributed by atoms with Gasteiger partial charge in [0.2, 0.25) is 0 Å². The van der Waals surface area contributed by atoms with Crippen molar-refractivity contribution in [1.29, 1.82) is 0 Å². The molecule has 2 N–H and O–H groups in total. The van der Waals surface area contributed by atoms with Crippen LogP contribution in [-0.4, -0.2) is 19.3 Å². The summed E-state index contributed by atoms with van der Waals surface area (Å²) in [6, 6.07) is 0.126. The summed E-state index contributed by atoms with van der Waals surface area (Å²) in [5.74, 6) is 0.670. The second-order valence-corrected chi connectivity index (χ2v) is 4.29. The van der Waals surface area contributed by atoms with Gasteiger partial charge in [-0.2, -0.15) is 0 Å². The van der Waals surface area contributed by atoms with Gasteiger partial charge in [0.1, 0.15) is 0 Å². The highest BCUT2D eigenvalue weighted by atomic mass is 16.5. The van der Waals surface area contributed by atoms with Crippen LogP contribution in [0, 0.1) is 5.92 Å². The molecule has 2 atom stereocenters. The molecular formula is C12H23NO. The van der Waals surface area contributed by atoms with Gasteiger partial charge in [0, 0.05) is 13.2 Å². The molecule has 1 saturated carbocycles. The van der Waals surface area contributed by atoms with E-state index in [4.69, 9.17) is 10.5 Å². The first-order valence-corrected chi connectivity index (χ1v) is 5.69. The minimum absolute atomic E-state index is 0.126. The van der Waals surface area contributed by atoms with Crippen molar-refractivity contribution >= 4 is 0 Å². The lowest BCUT2D eigenvalue weighted by Gasteiger charge is -2.32. The second-order valence-electron chi connectivity index (χ2n) is 4.29. The molecule has 1 aliphatic rings. The average Bonchev–Trinajstić information content (AvgIpc) is 2.21. The van der Waals surface area contributed by atoms with Crippen LogP contribution in [-0.2, 0) is 4.74 Å². The van der Waals surface area contributed by atoms with Gasteiger partial charge in [-0.1, -0.05) is 25.3 Å². The smallest absolute Gasteiger partial charge is 0.0753 e. The maximum Gasteiger partial charge on any atom is 0.0753 e. The number of nitrogens with two attached hydrogens (primary N) is 1. The topological polar surface area (TPSA) is 35.2 Å². The van der Waals surface area contributed by atoms with E-state index < -0.39 is 0 Å². The van der Waals surface area contributed by atoms with E-state index in [1.165, 1.54) is 32.1 Å². The fourth-order valence-corrected chi connectivity index (χ4v) is 2.51. The van der Waals surface area contributed by atoms with E-state index in [1.807, 2.05) is 6.08 Å². The normalized spacial score (nSPS) is 23.0. The summed E-state index contributed by atoms with van der Waals surface area (Å²) in [5.41, 5.74) is 6.07. The van der Waals surface area contributed by atoms with Crippen LogP contribution in [0.4, 0.5) is 0 Å². The van der Waals surface area contributed by atoms with E-state index >= 15 is 0 Å². The van der Waals surface area contributed by atoms with Gasteiger partial charge < -0.3 is 10.5 Å². The Morgan fingerprint density at radius 3 is 2.57 bits per heavy atom. The van der Waals surface area contributed by atoms with Crippen LogP contribution in [0.2, 0.25) is 0 Å². The number of methoxy groups -OCH3 is 1. The fraction of sp³-hybridized carbons (Fsp3) is 0.833. The van der Waals surface area contributed by atoms with Crippen molar-refractivity contribution in [3.63, 3.8) is 0 Å². The highest BCUT2D eigenvalue weighted by Crippen LogP contribution is 2.29. The van der Waals surface area contributed by atoms with Crippen molar-refractivity contribution in [2.24, 2.45) is 11.7 Å². The standard InChI is InChI=1S/C12H23NO/c1-3-7-11(13)12(14-2)10-8-5-4-6-9-10/h3,10-12H,1,4-9,13H2,2H3. The van der Waals surface area contributed by atoms with E-state index in [1.54, 1.807) is 7.11 Å². The molecule has 1 fully saturated rings. The first-order valence-electron chi connectivity index (χ1n) is 5.69. The summed E-state index contributed by atoms with van der Waals surface area (Å²) in [6.07, 6.45) is 9.59. The predicted molar refractivity (Wildman–Crippen MR) is 60.2 cm³/mol. The molecule has 2 nitrogen and oxygen atoms in total. The van der Waals surface area contributed by atoms with Crippen molar-refractivity contribution < 1.29 is 4.74 Å². The minimum Gasteiger partial charge on any atom is -0.380 e. The molecule has 0 aliphatic heterocycles. The van der Waals surface area contributed by atoms with Crippen LogP contribution in [0.25, 0.3) is 0 Å². The third kappa shape index (κ3) is 3.10. The van der Waals surface area contributed by atoms with Gasteiger partial charge in [0.25, 0.3) is 0 Å². The summed E-state index contributed by atoms with van der Waals surface area (Å²) in [6.45, 7) is 3.73. The van der Waals surface area contributed by atoms with Crippen molar-refractivity contribution in [3.8, 4) is 0 Å². The molecule has 0 aromatic rings. The van der Waals surface area contributed by atoms with Crippen LogP contribution < -0.4 is 5.73 Å². The van der Waals surface area contributed by atoms with Crippen molar-refractivity contribution in [2.45, 2.75) is 50.7 Å². The van der Waals surface area contributed by atoms with E-state index in [-0.39, 0.29) is 12.1 Å². The second kappa shape index (κ2) is 6.20. The summed E-state index contributed by atoms with van der Waals surface area (Å²) < 4.78 is 5.53. The molecule has 0 bridgehead atoms. The summed E-state index contributed by atoms with van der Waals surface area (Å²) in [5, 5.41) is 0. The molecule has 1 rings (SSSR count). The molecule has 0 heterocycles. The molecule has 2 heteroatoms. The van der Waals surface area contributed by atoms with Crippen molar-refractivity contribution in [1.82, 2.24) is 0 Å². The lowest BCUT2D eigenvalue weighted by molar-refractivity contribution is 0.0185. The number of ether oxygens (including phenoxy) is 1. The van der Waals surface area contributed by atoms with Gasteiger partial charge in [-0.3, -0.25) is 0 Å². The maximum atomic E-state index is 6.07. The highest BCUT2D eigenvalue weighted by molar-refractivity contribution is 4.86. The third-order valence-corrected chi connectivity index (χ3v) is 3.25. The Bertz CT molecular complexity index is 164. The molecule has 0 aromatic carbocycles. The lowest BCUT2D eigenvalue weighted by Crippen LogP contribution is -2.41. The largest absolute Gasteiger partial charge is 0.380 e. The molecule has 82 valence electrons. The zero-order chi connectivity index (χ0) is 10.4. The Hall–Kier alpha value is -0.340. The van der Waals surface area contributed by atoms with Gasteiger partial charge >= 0.3 is 0 Å². The maximum absolute atomic E-state index is 6.07. The van der Waals surface area contributed by atoms with Gasteiger partial charge in [-0.05, 0) is 25.2 Å². The Labute approximate surface area is 87.5 Å². The molecule has 14 heavy (non-hydrogen) atoms. The molecular weight excluding hydrogens is 174 g/mol. The Kier molecular flexibility index (Phi) is 5.20. The molecule has 2 unspecified atom stereocenters. The average molecular weight is 197 g/mol. The molecule has 0 spiro atoms. The zero-order valence-corrected chi connectivity index (χ0v) is 9.24. The first kappa shape index (κ1) is 11.7. The monoisotopic (exact) mass is 197 g/mol. The predicted octanol–water partition coefficient (Wildman–Crippen LogP) is 2.49. The Balaban J connectivity index is 2.45. The minimum atomic E-state index is 0.126. The highest BCUT2D eigenvalue weighted by Gasteiger charge is 2.27. The molecule has 0 saturated heterocycles. The van der Waals surface area contributed by atoms with E-state index in [2.05, 4.69) is 6.58 Å². The SMILES string of the molecule is C=CCC(N)C(OC)C1CCCCC1. The fourth-order valence-electron chi connectivity index (χ4n) is 2.51. The van der Waals surface area contributed by atoms with Gasteiger partial charge in [0.05, 0.1) is 6.10 Å². The van der Waals surface area contributed by atoms with E-state index in [9.17, 15) is 0 Å². The van der Waals surface area contributed by atoms with Crippen LogP contribution in [0.5, 0.6) is 0 Å². The molecule has 0 amide bonds. The van der Waals surface area contributed by atoms with Crippen LogP contribution >= 0.6 is 0 Å². The summed E-state index contributed by atoms with van der Waals surface area (Å²) in [4.78, 5) is 0. The summed E-state index contributed by atoms with van der Waals surface area (Å²) >= 11 is 0. The van der Waals surface area contributed by atoms with Crippen molar-refractivity contribution in [3.05, 3.63) is 12.7 Å². The Morgan fingerprint density at radius 2 is 2.07 bits per heavy atom. The quantitative estimate of drug-likeness (QED) is 0.687. The van der Waals surface area contributed by atoms with Gasteiger partial charge in [0.15, 0.2) is 0 Å². The summed E-state index contributed by atoms with van der Waals surface area (Å²) in [7, 11) is 1.78. The third-order valence-electron chi connectivity index (χ3n) is 3.25. The van der Waals surface area contributed by atoms with Crippen LogP contribution in [0.3, 0.4) is 0 Å². The van der Waals surface area contributed by atoms with E-state index in [0.29, 0.717) is 5.92 Å². The van der Waals surface area contributed by atoms with Gasteiger partial charge in [-0.25, -0.2) is 0 Å². The number of hydrogen-bond acceptors (Lipinski definition) is 2. The van der Waals surface area contributed by atoms with Crippen LogP contribution in [0.15, 0.2) is 12.7 Å². The van der Waals surface area contributed by atoms with Gasteiger partial charge in [-0.15, -0.1) is 6.58 Å². The lowest BCUT2D eigenvalue weighted by atomic mass is 9.82. The number of hydrogen-bond donors (Lipinski definition) is 1. The zero-order valence-electron chi connectivity index (χ0n) is 9.24. The van der Waals surface area contributed by atoms with Crippen molar-refractivity contribution in [2.75, 3.05) is 7.11 Å². The van der Waals surface area contributed by atoms with E-state index in [0.717, 1.165) is 6.42 Å². The molecule has 0 aromatic heterocycles. The molecule has 0 radical (unpaired) electrons. The Morgan fingerprint density at radius 1 is 1.43 bits per heavy atom.